The van der Waals surface area contributed by atoms with Gasteiger partial charge in [-0.2, -0.15) is 0 Å². The Balaban J connectivity index is 1.40. The highest BCUT2D eigenvalue weighted by atomic mass is 32.1. The molecule has 10 heteroatoms. The normalized spacial score (nSPS) is 13.4. The van der Waals surface area contributed by atoms with Crippen molar-refractivity contribution in [3.63, 3.8) is 0 Å². The molecule has 1 aliphatic carbocycles. The van der Waals surface area contributed by atoms with Gasteiger partial charge in [0.15, 0.2) is 5.11 Å². The van der Waals surface area contributed by atoms with Crippen molar-refractivity contribution in [1.29, 1.82) is 0 Å². The van der Waals surface area contributed by atoms with Crippen LogP contribution in [-0.4, -0.2) is 42.7 Å². The van der Waals surface area contributed by atoms with Crippen LogP contribution in [0.2, 0.25) is 0 Å². The average Bonchev–Trinajstić information content (AvgIpc) is 2.91. The first-order valence-corrected chi connectivity index (χ1v) is 12.5. The average molecular weight is 513 g/mol. The van der Waals surface area contributed by atoms with Crippen LogP contribution < -0.4 is 26.2 Å². The van der Waals surface area contributed by atoms with Gasteiger partial charge in [-0.1, -0.05) is 19.3 Å². The number of rotatable bonds is 9. The predicted molar refractivity (Wildman–Crippen MR) is 141 cm³/mol. The second-order valence-electron chi connectivity index (χ2n) is 8.33. The molecule has 4 N–H and O–H groups in total. The first kappa shape index (κ1) is 27.1. The summed E-state index contributed by atoms with van der Waals surface area (Å²) < 4.78 is 10.7. The lowest BCUT2D eigenvalue weighted by Gasteiger charge is -2.20. The van der Waals surface area contributed by atoms with Gasteiger partial charge in [0.1, 0.15) is 12.4 Å². The van der Waals surface area contributed by atoms with Crippen LogP contribution >= 0.6 is 12.2 Å². The van der Waals surface area contributed by atoms with Gasteiger partial charge in [0, 0.05) is 29.3 Å². The van der Waals surface area contributed by atoms with Gasteiger partial charge in [-0.05, 0) is 80.5 Å². The van der Waals surface area contributed by atoms with Gasteiger partial charge in [-0.15, -0.1) is 0 Å². The van der Waals surface area contributed by atoms with Crippen LogP contribution in [0.25, 0.3) is 0 Å². The summed E-state index contributed by atoms with van der Waals surface area (Å²) in [5.41, 5.74) is 6.35. The molecule has 0 unspecified atom stereocenters. The Bertz CT molecular complexity index is 1040. The first-order valence-electron chi connectivity index (χ1n) is 12.1. The number of hydrogen-bond acceptors (Lipinski definition) is 6. The monoisotopic (exact) mass is 512 g/mol. The van der Waals surface area contributed by atoms with E-state index >= 15 is 0 Å². The molecule has 0 bridgehead atoms. The van der Waals surface area contributed by atoms with Gasteiger partial charge < -0.3 is 14.8 Å². The maximum atomic E-state index is 12.4. The smallest absolute Gasteiger partial charge is 0.269 e. The fourth-order valence-electron chi connectivity index (χ4n) is 3.77. The number of benzene rings is 2. The fraction of sp³-hybridized carbons (Fsp3) is 0.385. The van der Waals surface area contributed by atoms with Gasteiger partial charge in [-0.3, -0.25) is 30.6 Å². The number of carbonyl (C=O) groups is 3. The van der Waals surface area contributed by atoms with E-state index in [0.717, 1.165) is 25.7 Å². The van der Waals surface area contributed by atoms with Crippen LogP contribution in [-0.2, 0) is 9.53 Å². The van der Waals surface area contributed by atoms with Crippen LogP contribution in [0.15, 0.2) is 48.5 Å². The lowest BCUT2D eigenvalue weighted by atomic mass is 9.88. The molecule has 36 heavy (non-hydrogen) atoms. The van der Waals surface area contributed by atoms with E-state index in [1.807, 2.05) is 6.92 Å². The molecule has 1 saturated carbocycles. The van der Waals surface area contributed by atoms with Crippen LogP contribution in [0, 0.1) is 5.92 Å². The molecule has 0 spiro atoms. The van der Waals surface area contributed by atoms with E-state index < -0.39 is 11.8 Å². The summed E-state index contributed by atoms with van der Waals surface area (Å²) >= 11 is 5.09. The molecule has 0 aromatic heterocycles. The van der Waals surface area contributed by atoms with Crippen molar-refractivity contribution >= 4 is 40.7 Å². The quantitative estimate of drug-likeness (QED) is 0.230. The van der Waals surface area contributed by atoms with Gasteiger partial charge in [-0.25, -0.2) is 0 Å². The lowest BCUT2D eigenvalue weighted by Crippen LogP contribution is -2.48. The summed E-state index contributed by atoms with van der Waals surface area (Å²) in [4.78, 5) is 37.1. The van der Waals surface area contributed by atoms with Crippen LogP contribution in [0.5, 0.6) is 5.75 Å². The summed E-state index contributed by atoms with van der Waals surface area (Å²) in [6.45, 7) is 3.45. The first-order chi connectivity index (χ1) is 17.5. The highest BCUT2D eigenvalue weighted by Crippen LogP contribution is 2.25. The number of ether oxygens (including phenoxy) is 2. The van der Waals surface area contributed by atoms with E-state index in [-0.39, 0.29) is 16.9 Å². The third-order valence-corrected chi connectivity index (χ3v) is 5.93. The number of thiocarbonyl (C=S) groups is 1. The predicted octanol–water partition coefficient (Wildman–Crippen LogP) is 3.57. The molecular weight excluding hydrogens is 480 g/mol. The topological polar surface area (TPSA) is 118 Å². The van der Waals surface area contributed by atoms with Crippen molar-refractivity contribution in [3.05, 3.63) is 59.7 Å². The number of hydrogen-bond donors (Lipinski definition) is 4. The minimum atomic E-state index is -0.440. The van der Waals surface area contributed by atoms with Crippen molar-refractivity contribution in [2.24, 2.45) is 5.92 Å². The molecule has 0 heterocycles. The van der Waals surface area contributed by atoms with Crippen molar-refractivity contribution in [3.8, 4) is 5.75 Å². The Morgan fingerprint density at radius 1 is 0.861 bits per heavy atom. The standard InChI is InChI=1S/C26H32N4O5S/c1-2-34-16-17-35-22-14-10-19(11-15-22)24(32)28-26(36)30-29-25(33)20-8-12-21(13-9-20)27-23(31)18-6-4-3-5-7-18/h8-15,18H,2-7,16-17H2,1H3,(H,27,31)(H,29,33)(H2,28,30,32,36). The molecule has 0 aliphatic heterocycles. The highest BCUT2D eigenvalue weighted by molar-refractivity contribution is 7.80. The molecule has 2 aromatic rings. The fourth-order valence-corrected chi connectivity index (χ4v) is 3.92. The Labute approximate surface area is 216 Å². The van der Waals surface area contributed by atoms with Crippen molar-refractivity contribution < 1.29 is 23.9 Å². The maximum Gasteiger partial charge on any atom is 0.269 e. The SMILES string of the molecule is CCOCCOc1ccc(C(=O)NC(=S)NNC(=O)c2ccc(NC(=O)C3CCCCC3)cc2)cc1. The molecule has 192 valence electrons. The third-order valence-electron chi connectivity index (χ3n) is 5.72. The van der Waals surface area contributed by atoms with Gasteiger partial charge in [0.25, 0.3) is 11.8 Å². The number of hydrazine groups is 1. The minimum absolute atomic E-state index is 0.0263. The van der Waals surface area contributed by atoms with E-state index in [4.69, 9.17) is 21.7 Å². The minimum Gasteiger partial charge on any atom is -0.491 e. The van der Waals surface area contributed by atoms with E-state index in [9.17, 15) is 14.4 Å². The molecule has 0 atom stereocenters. The highest BCUT2D eigenvalue weighted by Gasteiger charge is 2.21. The Morgan fingerprint density at radius 2 is 1.50 bits per heavy atom. The molecule has 3 amide bonds. The molecule has 0 saturated heterocycles. The molecule has 2 aromatic carbocycles. The molecule has 1 fully saturated rings. The molecule has 0 radical (unpaired) electrons. The zero-order chi connectivity index (χ0) is 25.8. The number of nitrogens with one attached hydrogen (secondary N) is 4. The third kappa shape index (κ3) is 8.62. The summed E-state index contributed by atoms with van der Waals surface area (Å²) in [6.07, 6.45) is 5.20. The summed E-state index contributed by atoms with van der Waals surface area (Å²) in [6, 6.07) is 13.2. The molecular formula is C26H32N4O5S. The van der Waals surface area contributed by atoms with Crippen LogP contribution in [0.3, 0.4) is 0 Å². The zero-order valence-corrected chi connectivity index (χ0v) is 21.1. The number of amides is 3. The summed E-state index contributed by atoms with van der Waals surface area (Å²) in [7, 11) is 0. The number of anilines is 1. The molecule has 3 rings (SSSR count). The lowest BCUT2D eigenvalue weighted by molar-refractivity contribution is -0.120. The van der Waals surface area contributed by atoms with E-state index in [1.54, 1.807) is 48.5 Å². The van der Waals surface area contributed by atoms with Crippen molar-refractivity contribution in [1.82, 2.24) is 16.2 Å². The van der Waals surface area contributed by atoms with Gasteiger partial charge in [0.05, 0.1) is 6.61 Å². The largest absolute Gasteiger partial charge is 0.491 e. The van der Waals surface area contributed by atoms with Gasteiger partial charge >= 0.3 is 0 Å². The van der Waals surface area contributed by atoms with E-state index in [1.165, 1.54) is 6.42 Å². The number of carbonyl (C=O) groups excluding carboxylic acids is 3. The summed E-state index contributed by atoms with van der Waals surface area (Å²) in [5.74, 6) is -0.165. The van der Waals surface area contributed by atoms with E-state index in [0.29, 0.717) is 42.4 Å². The van der Waals surface area contributed by atoms with Crippen LogP contribution in [0.1, 0.15) is 59.7 Å². The zero-order valence-electron chi connectivity index (χ0n) is 20.3. The Morgan fingerprint density at radius 3 is 2.17 bits per heavy atom. The van der Waals surface area contributed by atoms with Crippen molar-refractivity contribution in [2.45, 2.75) is 39.0 Å². The second kappa shape index (κ2) is 14.2. The molecule has 9 nitrogen and oxygen atoms in total. The van der Waals surface area contributed by atoms with Gasteiger partial charge in [0.2, 0.25) is 5.91 Å². The molecule has 1 aliphatic rings. The van der Waals surface area contributed by atoms with E-state index in [2.05, 4.69) is 21.5 Å². The van der Waals surface area contributed by atoms with Crippen LogP contribution in [0.4, 0.5) is 5.69 Å². The Kier molecular flexibility index (Phi) is 10.7. The Hall–Kier alpha value is -3.50. The summed E-state index contributed by atoms with van der Waals surface area (Å²) in [5, 5.41) is 5.36. The second-order valence-corrected chi connectivity index (χ2v) is 8.74. The maximum absolute atomic E-state index is 12.4. The van der Waals surface area contributed by atoms with Crippen molar-refractivity contribution in [2.75, 3.05) is 25.1 Å².